The highest BCUT2D eigenvalue weighted by Gasteiger charge is 2.27. The number of hydrogen-bond acceptors (Lipinski definition) is 6. The number of aryl methyl sites for hydroxylation is 1. The van der Waals surface area contributed by atoms with Crippen molar-refractivity contribution in [1.82, 2.24) is 10.3 Å². The van der Waals surface area contributed by atoms with E-state index in [2.05, 4.69) is 10.3 Å². The fourth-order valence-corrected chi connectivity index (χ4v) is 5.28. The van der Waals surface area contributed by atoms with E-state index in [1.165, 1.54) is 7.11 Å². The molecule has 0 fully saturated rings. The lowest BCUT2D eigenvalue weighted by molar-refractivity contribution is -0.140. The van der Waals surface area contributed by atoms with Gasteiger partial charge in [0.2, 0.25) is 0 Å². The van der Waals surface area contributed by atoms with E-state index in [1.54, 1.807) is 13.0 Å². The van der Waals surface area contributed by atoms with E-state index >= 15 is 0 Å². The molecule has 38 heavy (non-hydrogen) atoms. The molecule has 2 N–H and O–H groups in total. The SMILES string of the molecule is CCCCOC(=O)c1[nH]c(/C=C2\NC(=O)C(C)=C2CC[S+]([O-])c2ccc(C)cc2)c(C)c1CCC(=O)OC. The third kappa shape index (κ3) is 7.17. The molecule has 0 saturated carbocycles. The first-order valence-corrected chi connectivity index (χ1v) is 14.1. The molecule has 8 nitrogen and oxygen atoms in total. The van der Waals surface area contributed by atoms with E-state index in [0.717, 1.165) is 34.4 Å². The van der Waals surface area contributed by atoms with Gasteiger partial charge in [0.15, 0.2) is 4.90 Å². The number of nitrogens with one attached hydrogen (secondary N) is 2. The van der Waals surface area contributed by atoms with Crippen LogP contribution in [0.25, 0.3) is 6.08 Å². The Morgan fingerprint density at radius 1 is 1.11 bits per heavy atom. The number of H-pyrrole nitrogens is 1. The molecular formula is C29H36N2O6S. The molecule has 3 rings (SSSR count). The number of benzene rings is 1. The van der Waals surface area contributed by atoms with Gasteiger partial charge in [0, 0.05) is 29.8 Å². The largest absolute Gasteiger partial charge is 0.611 e. The number of carbonyl (C=O) groups is 3. The molecule has 0 radical (unpaired) electrons. The van der Waals surface area contributed by atoms with Crippen LogP contribution < -0.4 is 5.32 Å². The lowest BCUT2D eigenvalue weighted by Crippen LogP contribution is -2.15. The van der Waals surface area contributed by atoms with Crippen molar-refractivity contribution in [2.24, 2.45) is 0 Å². The van der Waals surface area contributed by atoms with Crippen molar-refractivity contribution >= 4 is 35.1 Å². The summed E-state index contributed by atoms with van der Waals surface area (Å²) >= 11 is -1.21. The predicted octanol–water partition coefficient (Wildman–Crippen LogP) is 4.68. The summed E-state index contributed by atoms with van der Waals surface area (Å²) in [7, 11) is 1.33. The molecule has 1 atom stereocenters. The number of aromatic amines is 1. The number of methoxy groups -OCH3 is 1. The minimum absolute atomic E-state index is 0.117. The van der Waals surface area contributed by atoms with Crippen LogP contribution in [0.15, 0.2) is 46.0 Å². The standard InChI is InChI=1S/C29H36N2O6S/c1-6-7-15-37-29(34)27-23(12-13-26(32)36-5)19(3)24(30-27)17-25-22(20(4)28(33)31-25)14-16-38(35)21-10-8-18(2)9-11-21/h8-11,17,30H,6-7,12-16H2,1-5H3,(H,31,33)/b25-17-. The second-order valence-electron chi connectivity index (χ2n) is 9.31. The Morgan fingerprint density at radius 2 is 1.82 bits per heavy atom. The summed E-state index contributed by atoms with van der Waals surface area (Å²) in [6, 6.07) is 7.59. The molecule has 0 bridgehead atoms. The molecule has 204 valence electrons. The summed E-state index contributed by atoms with van der Waals surface area (Å²) in [6.07, 6.45) is 4.30. The fraction of sp³-hybridized carbons (Fsp3) is 0.414. The van der Waals surface area contributed by atoms with Gasteiger partial charge >= 0.3 is 11.9 Å². The molecule has 1 aliphatic rings. The van der Waals surface area contributed by atoms with Crippen molar-refractivity contribution in [3.05, 3.63) is 69.2 Å². The van der Waals surface area contributed by atoms with Crippen molar-refractivity contribution in [1.29, 1.82) is 0 Å². The summed E-state index contributed by atoms with van der Waals surface area (Å²) in [5.74, 6) is -0.699. The second kappa shape index (κ2) is 13.5. The topological polar surface area (TPSA) is 121 Å². The first-order valence-electron chi connectivity index (χ1n) is 12.8. The van der Waals surface area contributed by atoms with Crippen molar-refractivity contribution in [3.63, 3.8) is 0 Å². The van der Waals surface area contributed by atoms with Crippen LogP contribution in [0.2, 0.25) is 0 Å². The summed E-state index contributed by atoms with van der Waals surface area (Å²) in [5, 5.41) is 2.90. The van der Waals surface area contributed by atoms with Gasteiger partial charge in [-0.2, -0.15) is 0 Å². The highest BCUT2D eigenvalue weighted by molar-refractivity contribution is 7.91. The smallest absolute Gasteiger partial charge is 0.355 e. The molecule has 1 unspecified atom stereocenters. The van der Waals surface area contributed by atoms with Crippen LogP contribution in [0.5, 0.6) is 0 Å². The number of allylic oxidation sites excluding steroid dienone is 1. The van der Waals surface area contributed by atoms with Gasteiger partial charge in [0.1, 0.15) is 11.4 Å². The molecule has 9 heteroatoms. The molecule has 0 spiro atoms. The minimum Gasteiger partial charge on any atom is -0.611 e. The zero-order chi connectivity index (χ0) is 27.8. The average molecular weight is 541 g/mol. The van der Waals surface area contributed by atoms with E-state index in [1.807, 2.05) is 45.0 Å². The van der Waals surface area contributed by atoms with Gasteiger partial charge in [-0.25, -0.2) is 4.79 Å². The molecular weight excluding hydrogens is 504 g/mol. The minimum atomic E-state index is -1.21. The fourth-order valence-electron chi connectivity index (χ4n) is 4.22. The summed E-state index contributed by atoms with van der Waals surface area (Å²) in [6.45, 7) is 7.91. The molecule has 1 aliphatic heterocycles. The molecule has 1 aromatic carbocycles. The van der Waals surface area contributed by atoms with Gasteiger partial charge < -0.3 is 24.3 Å². The van der Waals surface area contributed by atoms with Crippen LogP contribution in [-0.4, -0.2) is 46.9 Å². The van der Waals surface area contributed by atoms with Crippen molar-refractivity contribution in [2.75, 3.05) is 19.5 Å². The number of esters is 2. The predicted molar refractivity (Wildman–Crippen MR) is 147 cm³/mol. The zero-order valence-corrected chi connectivity index (χ0v) is 23.5. The first kappa shape index (κ1) is 29.3. The van der Waals surface area contributed by atoms with Crippen LogP contribution in [0.3, 0.4) is 0 Å². The number of hydrogen-bond donors (Lipinski definition) is 2. The van der Waals surface area contributed by atoms with Crippen LogP contribution >= 0.6 is 0 Å². The second-order valence-corrected chi connectivity index (χ2v) is 10.9. The number of aromatic nitrogens is 1. The third-order valence-corrected chi connectivity index (χ3v) is 8.01. The van der Waals surface area contributed by atoms with Crippen LogP contribution in [0.1, 0.15) is 72.4 Å². The Balaban J connectivity index is 1.88. The Morgan fingerprint density at radius 3 is 2.47 bits per heavy atom. The third-order valence-electron chi connectivity index (χ3n) is 6.64. The highest BCUT2D eigenvalue weighted by Crippen LogP contribution is 2.30. The maximum absolute atomic E-state index is 12.9. The number of unbranched alkanes of at least 4 members (excludes halogenated alkanes) is 1. The average Bonchev–Trinajstić information content (AvgIpc) is 3.36. The molecule has 0 aliphatic carbocycles. The number of rotatable bonds is 12. The van der Waals surface area contributed by atoms with Crippen LogP contribution in [-0.2, 0) is 36.7 Å². The molecule has 2 aromatic rings. The Labute approximate surface area is 227 Å². The van der Waals surface area contributed by atoms with Gasteiger partial charge in [-0.15, -0.1) is 0 Å². The molecule has 0 saturated heterocycles. The Hall–Kier alpha value is -3.30. The van der Waals surface area contributed by atoms with Gasteiger partial charge in [-0.3, -0.25) is 9.59 Å². The number of ether oxygens (including phenoxy) is 2. The van der Waals surface area contributed by atoms with Crippen LogP contribution in [0.4, 0.5) is 0 Å². The Kier molecular flexibility index (Phi) is 10.4. The lowest BCUT2D eigenvalue weighted by atomic mass is 10.0. The maximum atomic E-state index is 12.9. The van der Waals surface area contributed by atoms with E-state index < -0.39 is 17.1 Å². The number of amides is 1. The molecule has 1 amide bonds. The van der Waals surface area contributed by atoms with E-state index in [0.29, 0.717) is 53.4 Å². The monoisotopic (exact) mass is 540 g/mol. The summed E-state index contributed by atoms with van der Waals surface area (Å²) in [5.41, 5.74) is 5.44. The van der Waals surface area contributed by atoms with Crippen LogP contribution in [0, 0.1) is 13.8 Å². The Bertz CT molecular complexity index is 1240. The van der Waals surface area contributed by atoms with Crippen molar-refractivity contribution in [2.45, 2.75) is 64.7 Å². The zero-order valence-electron chi connectivity index (χ0n) is 22.7. The first-order chi connectivity index (χ1) is 18.2. The van der Waals surface area contributed by atoms with Crippen molar-refractivity contribution in [3.8, 4) is 0 Å². The van der Waals surface area contributed by atoms with E-state index in [4.69, 9.17) is 9.47 Å². The lowest BCUT2D eigenvalue weighted by Gasteiger charge is -2.12. The highest BCUT2D eigenvalue weighted by atomic mass is 32.2. The van der Waals surface area contributed by atoms with E-state index in [9.17, 15) is 18.9 Å². The maximum Gasteiger partial charge on any atom is 0.355 e. The molecule has 1 aromatic heterocycles. The van der Waals surface area contributed by atoms with Gasteiger partial charge in [0.25, 0.3) is 5.91 Å². The number of carbonyl (C=O) groups excluding carboxylic acids is 3. The quantitative estimate of drug-likeness (QED) is 0.229. The van der Waals surface area contributed by atoms with E-state index in [-0.39, 0.29) is 18.3 Å². The summed E-state index contributed by atoms with van der Waals surface area (Å²) in [4.78, 5) is 41.1. The van der Waals surface area contributed by atoms with Crippen molar-refractivity contribution < 1.29 is 28.4 Å². The van der Waals surface area contributed by atoms with Gasteiger partial charge in [-0.05, 0) is 79.7 Å². The summed E-state index contributed by atoms with van der Waals surface area (Å²) < 4.78 is 23.1. The van der Waals surface area contributed by atoms with Gasteiger partial charge in [0.05, 0.1) is 13.7 Å². The van der Waals surface area contributed by atoms with Gasteiger partial charge in [-0.1, -0.05) is 31.0 Å². The molecule has 2 heterocycles. The normalized spacial score (nSPS) is 15.1.